The summed E-state index contributed by atoms with van der Waals surface area (Å²) in [6.45, 7) is 4.56. The van der Waals surface area contributed by atoms with Crippen molar-refractivity contribution in [3.63, 3.8) is 0 Å². The Labute approximate surface area is 169 Å². The normalized spacial score (nSPS) is 14.2. The van der Waals surface area contributed by atoms with Crippen molar-refractivity contribution in [3.05, 3.63) is 47.8 Å². The molecule has 0 aliphatic carbocycles. The van der Waals surface area contributed by atoms with Crippen LogP contribution in [0.5, 0.6) is 0 Å². The highest BCUT2D eigenvalue weighted by atomic mass is 32.2. The molecule has 0 radical (unpaired) electrons. The average molecular weight is 414 g/mol. The lowest BCUT2D eigenvalue weighted by Crippen LogP contribution is -2.29. The Balaban J connectivity index is 1.66. The summed E-state index contributed by atoms with van der Waals surface area (Å²) in [5, 5.41) is 5.16. The maximum atomic E-state index is 13.1. The minimum atomic E-state index is -3.51. The number of anilines is 1. The van der Waals surface area contributed by atoms with Crippen LogP contribution in [0.3, 0.4) is 0 Å². The van der Waals surface area contributed by atoms with Gasteiger partial charge in [-0.05, 0) is 50.1 Å². The molecule has 0 unspecified atom stereocenters. The van der Waals surface area contributed by atoms with Crippen molar-refractivity contribution in [2.75, 3.05) is 25.5 Å². The number of aromatic nitrogens is 3. The van der Waals surface area contributed by atoms with E-state index in [4.69, 9.17) is 0 Å². The fraction of sp³-hybridized carbons (Fsp3) is 0.350. The largest absolute Gasteiger partial charge is 0.308 e. The molecule has 0 saturated heterocycles. The van der Waals surface area contributed by atoms with E-state index < -0.39 is 10.0 Å². The highest BCUT2D eigenvalue weighted by molar-refractivity contribution is 7.89. The Kier molecular flexibility index (Phi) is 4.66. The van der Waals surface area contributed by atoms with E-state index in [2.05, 4.69) is 10.1 Å². The summed E-state index contributed by atoms with van der Waals surface area (Å²) in [4.78, 5) is 19.5. The van der Waals surface area contributed by atoms with Crippen molar-refractivity contribution in [2.45, 2.75) is 31.2 Å². The van der Waals surface area contributed by atoms with Gasteiger partial charge in [0.05, 0.1) is 16.7 Å². The van der Waals surface area contributed by atoms with Crippen LogP contribution in [0.1, 0.15) is 35.8 Å². The summed E-state index contributed by atoms with van der Waals surface area (Å²) in [5.74, 6) is -0.154. The van der Waals surface area contributed by atoms with Gasteiger partial charge in [0.15, 0.2) is 5.65 Å². The molecular weight excluding hydrogens is 390 g/mol. The number of pyridine rings is 1. The summed E-state index contributed by atoms with van der Waals surface area (Å²) in [6, 6.07) is 6.90. The van der Waals surface area contributed by atoms with Crippen LogP contribution >= 0.6 is 0 Å². The molecule has 152 valence electrons. The first-order valence-electron chi connectivity index (χ1n) is 9.40. The van der Waals surface area contributed by atoms with Gasteiger partial charge in [0.1, 0.15) is 0 Å². The number of carbonyl (C=O) groups excluding carboxylic acids is 1. The smallest absolute Gasteiger partial charge is 0.259 e. The zero-order valence-corrected chi connectivity index (χ0v) is 17.6. The fourth-order valence-electron chi connectivity index (χ4n) is 3.55. The van der Waals surface area contributed by atoms with Crippen molar-refractivity contribution in [3.8, 4) is 0 Å². The van der Waals surface area contributed by atoms with E-state index in [1.165, 1.54) is 18.4 Å². The van der Waals surface area contributed by atoms with Crippen LogP contribution in [0, 0.1) is 0 Å². The molecule has 0 spiro atoms. The van der Waals surface area contributed by atoms with Gasteiger partial charge in [0.25, 0.3) is 5.91 Å². The molecule has 0 atom stereocenters. The van der Waals surface area contributed by atoms with E-state index in [-0.39, 0.29) is 16.8 Å². The van der Waals surface area contributed by atoms with Gasteiger partial charge in [-0.25, -0.2) is 22.4 Å². The van der Waals surface area contributed by atoms with Gasteiger partial charge in [0, 0.05) is 44.0 Å². The van der Waals surface area contributed by atoms with Crippen LogP contribution in [-0.4, -0.2) is 54.0 Å². The van der Waals surface area contributed by atoms with Crippen LogP contribution < -0.4 is 4.90 Å². The Morgan fingerprint density at radius 1 is 1.17 bits per heavy atom. The van der Waals surface area contributed by atoms with Gasteiger partial charge < -0.3 is 4.90 Å². The lowest BCUT2D eigenvalue weighted by molar-refractivity contribution is 0.0989. The van der Waals surface area contributed by atoms with Gasteiger partial charge in [-0.3, -0.25) is 4.79 Å². The van der Waals surface area contributed by atoms with Crippen LogP contribution in [0.2, 0.25) is 0 Å². The molecule has 9 heteroatoms. The molecule has 1 aromatic carbocycles. The Morgan fingerprint density at radius 3 is 2.62 bits per heavy atom. The first-order valence-corrected chi connectivity index (χ1v) is 10.8. The maximum Gasteiger partial charge on any atom is 0.259 e. The van der Waals surface area contributed by atoms with E-state index in [0.717, 1.165) is 22.3 Å². The summed E-state index contributed by atoms with van der Waals surface area (Å²) >= 11 is 0. The van der Waals surface area contributed by atoms with E-state index in [9.17, 15) is 13.2 Å². The molecule has 0 bridgehead atoms. The summed E-state index contributed by atoms with van der Waals surface area (Å²) in [5.41, 5.74) is 2.82. The van der Waals surface area contributed by atoms with Crippen LogP contribution in [0.15, 0.2) is 41.6 Å². The SMILES string of the molecule is CC(C)n1ncc2cc(C(=O)N3CCc4cc(S(=O)(=O)N(C)C)ccc43)cnc21. The Morgan fingerprint density at radius 2 is 1.93 bits per heavy atom. The number of hydrogen-bond donors (Lipinski definition) is 0. The monoisotopic (exact) mass is 413 g/mol. The van der Waals surface area contributed by atoms with Gasteiger partial charge in [0.2, 0.25) is 10.0 Å². The summed E-state index contributed by atoms with van der Waals surface area (Å²) in [7, 11) is -0.501. The molecule has 4 rings (SSSR count). The molecule has 3 heterocycles. The van der Waals surface area contributed by atoms with E-state index in [1.54, 1.807) is 41.6 Å². The fourth-order valence-corrected chi connectivity index (χ4v) is 4.50. The van der Waals surface area contributed by atoms with E-state index in [0.29, 0.717) is 18.5 Å². The second kappa shape index (κ2) is 6.93. The third kappa shape index (κ3) is 3.20. The maximum absolute atomic E-state index is 13.1. The zero-order chi connectivity index (χ0) is 20.9. The molecule has 2 aromatic heterocycles. The standard InChI is InChI=1S/C20H23N5O3S/c1-13(2)25-19-15(12-22-25)9-16(11-21-19)20(26)24-8-7-14-10-17(5-6-18(14)24)29(27,28)23(3)4/h5-6,9-13H,7-8H2,1-4H3. The van der Waals surface area contributed by atoms with E-state index in [1.807, 2.05) is 18.5 Å². The molecular formula is C20H23N5O3S. The zero-order valence-electron chi connectivity index (χ0n) is 16.8. The third-order valence-electron chi connectivity index (χ3n) is 5.14. The Bertz CT molecular complexity index is 1210. The lowest BCUT2D eigenvalue weighted by atomic mass is 10.1. The average Bonchev–Trinajstić information content (AvgIpc) is 3.30. The van der Waals surface area contributed by atoms with Gasteiger partial charge in [-0.15, -0.1) is 0 Å². The number of carbonyl (C=O) groups is 1. The molecule has 0 N–H and O–H groups in total. The molecule has 0 fully saturated rings. The second-order valence-corrected chi connectivity index (χ2v) is 9.76. The molecule has 3 aromatic rings. The van der Waals surface area contributed by atoms with Crippen LogP contribution in [0.4, 0.5) is 5.69 Å². The third-order valence-corrected chi connectivity index (χ3v) is 6.95. The highest BCUT2D eigenvalue weighted by Gasteiger charge is 2.28. The minimum absolute atomic E-state index is 0.154. The quantitative estimate of drug-likeness (QED) is 0.656. The number of amides is 1. The number of rotatable bonds is 4. The van der Waals surface area contributed by atoms with E-state index >= 15 is 0 Å². The molecule has 29 heavy (non-hydrogen) atoms. The van der Waals surface area contributed by atoms with Crippen molar-refractivity contribution < 1.29 is 13.2 Å². The van der Waals surface area contributed by atoms with Gasteiger partial charge in [-0.2, -0.15) is 5.10 Å². The van der Waals surface area contributed by atoms with Crippen LogP contribution in [0.25, 0.3) is 11.0 Å². The van der Waals surface area contributed by atoms with Crippen molar-refractivity contribution in [2.24, 2.45) is 0 Å². The van der Waals surface area contributed by atoms with Gasteiger partial charge in [-0.1, -0.05) is 0 Å². The number of benzene rings is 1. The Hall–Kier alpha value is -2.78. The van der Waals surface area contributed by atoms with Crippen molar-refractivity contribution in [1.29, 1.82) is 0 Å². The molecule has 1 aliphatic heterocycles. The van der Waals surface area contributed by atoms with Crippen molar-refractivity contribution in [1.82, 2.24) is 19.1 Å². The first kappa shape index (κ1) is 19.5. The number of fused-ring (bicyclic) bond motifs is 2. The summed E-state index contributed by atoms with van der Waals surface area (Å²) < 4.78 is 27.8. The molecule has 0 saturated carbocycles. The molecule has 1 amide bonds. The predicted octanol–water partition coefficient (Wildman–Crippen LogP) is 2.47. The first-order chi connectivity index (χ1) is 13.7. The molecule has 1 aliphatic rings. The van der Waals surface area contributed by atoms with Gasteiger partial charge >= 0.3 is 0 Å². The predicted molar refractivity (Wildman–Crippen MR) is 111 cm³/mol. The lowest BCUT2D eigenvalue weighted by Gasteiger charge is -2.18. The molecule has 8 nitrogen and oxygen atoms in total. The number of hydrogen-bond acceptors (Lipinski definition) is 5. The number of nitrogens with zero attached hydrogens (tertiary/aromatic N) is 5. The highest BCUT2D eigenvalue weighted by Crippen LogP contribution is 2.32. The topological polar surface area (TPSA) is 88.4 Å². The minimum Gasteiger partial charge on any atom is -0.308 e. The van der Waals surface area contributed by atoms with Crippen LogP contribution in [-0.2, 0) is 16.4 Å². The number of sulfonamides is 1. The van der Waals surface area contributed by atoms with Crippen molar-refractivity contribution >= 4 is 32.7 Å². The summed E-state index contributed by atoms with van der Waals surface area (Å²) in [6.07, 6.45) is 3.91. The second-order valence-electron chi connectivity index (χ2n) is 7.60.